The van der Waals surface area contributed by atoms with E-state index in [4.69, 9.17) is 9.84 Å². The van der Waals surface area contributed by atoms with E-state index in [1.807, 2.05) is 12.1 Å². The third-order valence-electron chi connectivity index (χ3n) is 3.32. The molecule has 0 saturated heterocycles. The molecule has 2 rings (SSSR count). The number of carboxylic acid groups (broad SMARTS) is 1. The Hall–Kier alpha value is -1.69. The van der Waals surface area contributed by atoms with Gasteiger partial charge in [0.2, 0.25) is 0 Å². The number of esters is 1. The van der Waals surface area contributed by atoms with Crippen molar-refractivity contribution in [1.82, 2.24) is 4.98 Å². The van der Waals surface area contributed by atoms with Crippen molar-refractivity contribution in [2.24, 2.45) is 0 Å². The van der Waals surface area contributed by atoms with Gasteiger partial charge in [0.25, 0.3) is 0 Å². The van der Waals surface area contributed by atoms with Crippen LogP contribution >= 0.6 is 15.9 Å². The van der Waals surface area contributed by atoms with Crippen LogP contribution in [0.3, 0.4) is 0 Å². The van der Waals surface area contributed by atoms with Crippen molar-refractivity contribution in [3.8, 4) is 0 Å². The molecule has 1 aliphatic carbocycles. The summed E-state index contributed by atoms with van der Waals surface area (Å²) in [5, 5.41) is 8.72. The van der Waals surface area contributed by atoms with Gasteiger partial charge in [-0.2, -0.15) is 0 Å². The topological polar surface area (TPSA) is 76.5 Å². The summed E-state index contributed by atoms with van der Waals surface area (Å²) in [5.74, 6) is -1.77. The molecule has 0 spiro atoms. The molecular formula is C14H14BrNO4. The lowest BCUT2D eigenvalue weighted by Crippen LogP contribution is -2.40. The van der Waals surface area contributed by atoms with E-state index in [0.29, 0.717) is 18.5 Å². The maximum Gasteiger partial charge on any atom is 0.331 e. The van der Waals surface area contributed by atoms with E-state index in [-0.39, 0.29) is 12.0 Å². The fraction of sp³-hybridized carbons (Fsp3) is 0.357. The molecule has 5 nitrogen and oxygen atoms in total. The highest BCUT2D eigenvalue weighted by molar-refractivity contribution is 9.10. The van der Waals surface area contributed by atoms with E-state index in [1.165, 1.54) is 0 Å². The zero-order valence-corrected chi connectivity index (χ0v) is 12.4. The van der Waals surface area contributed by atoms with Crippen LogP contribution in [0.4, 0.5) is 0 Å². The lowest BCUT2D eigenvalue weighted by Gasteiger charge is -2.40. The number of carbonyl (C=O) groups is 2. The van der Waals surface area contributed by atoms with Gasteiger partial charge in [-0.05, 0) is 47.3 Å². The Kier molecular flexibility index (Phi) is 4.23. The third kappa shape index (κ3) is 3.07. The summed E-state index contributed by atoms with van der Waals surface area (Å²) in [4.78, 5) is 26.8. The molecule has 1 saturated carbocycles. The van der Waals surface area contributed by atoms with Gasteiger partial charge < -0.3 is 9.84 Å². The Morgan fingerprint density at radius 1 is 1.45 bits per heavy atom. The maximum atomic E-state index is 11.8. The van der Waals surface area contributed by atoms with Crippen LogP contribution < -0.4 is 0 Å². The predicted molar refractivity (Wildman–Crippen MR) is 75.0 cm³/mol. The summed E-state index contributed by atoms with van der Waals surface area (Å²) in [7, 11) is 0. The van der Waals surface area contributed by atoms with Gasteiger partial charge in [-0.25, -0.2) is 4.79 Å². The van der Waals surface area contributed by atoms with Gasteiger partial charge in [0.15, 0.2) is 5.60 Å². The lowest BCUT2D eigenvalue weighted by atomic mass is 9.77. The third-order valence-corrected chi connectivity index (χ3v) is 3.79. The van der Waals surface area contributed by atoms with E-state index in [9.17, 15) is 9.59 Å². The summed E-state index contributed by atoms with van der Waals surface area (Å²) >= 11 is 3.30. The second-order valence-electron chi connectivity index (χ2n) is 4.77. The zero-order chi connectivity index (χ0) is 14.8. The highest BCUT2D eigenvalue weighted by atomic mass is 79.9. The van der Waals surface area contributed by atoms with Gasteiger partial charge in [0, 0.05) is 16.2 Å². The molecular weight excluding hydrogens is 326 g/mol. The normalized spacial score (nSPS) is 16.1. The van der Waals surface area contributed by atoms with E-state index in [2.05, 4.69) is 27.5 Å². The number of aliphatic carboxylic acids is 1. The highest BCUT2D eigenvalue weighted by Gasteiger charge is 2.44. The average Bonchev–Trinajstić information content (AvgIpc) is 2.35. The minimum Gasteiger partial charge on any atom is -0.478 e. The molecule has 0 aromatic carbocycles. The molecule has 20 heavy (non-hydrogen) atoms. The second-order valence-corrected chi connectivity index (χ2v) is 5.68. The van der Waals surface area contributed by atoms with Crippen molar-refractivity contribution >= 4 is 27.9 Å². The van der Waals surface area contributed by atoms with Crippen LogP contribution in [-0.2, 0) is 19.9 Å². The number of halogens is 1. The molecule has 0 bridgehead atoms. The summed E-state index contributed by atoms with van der Waals surface area (Å²) in [6.07, 6.45) is 3.69. The van der Waals surface area contributed by atoms with Crippen LogP contribution in [0.2, 0.25) is 0 Å². The minimum atomic E-state index is -1.19. The Morgan fingerprint density at radius 3 is 2.60 bits per heavy atom. The second kappa shape index (κ2) is 5.75. The van der Waals surface area contributed by atoms with Crippen LogP contribution in [0.5, 0.6) is 0 Å². The highest BCUT2D eigenvalue weighted by Crippen LogP contribution is 2.44. The fourth-order valence-electron chi connectivity index (χ4n) is 2.06. The molecule has 0 amide bonds. The van der Waals surface area contributed by atoms with Crippen LogP contribution in [0, 0.1) is 0 Å². The van der Waals surface area contributed by atoms with Gasteiger partial charge >= 0.3 is 11.9 Å². The summed E-state index contributed by atoms with van der Waals surface area (Å²) in [6, 6.07) is 3.65. The van der Waals surface area contributed by atoms with Gasteiger partial charge in [-0.1, -0.05) is 6.58 Å². The predicted octanol–water partition coefficient (Wildman–Crippen LogP) is 2.80. The first-order valence-corrected chi connectivity index (χ1v) is 6.97. The van der Waals surface area contributed by atoms with Crippen molar-refractivity contribution in [1.29, 1.82) is 0 Å². The van der Waals surface area contributed by atoms with Gasteiger partial charge in [0.1, 0.15) is 0 Å². The molecule has 1 aromatic rings. The van der Waals surface area contributed by atoms with Crippen molar-refractivity contribution < 1.29 is 19.4 Å². The Balaban J connectivity index is 2.08. The summed E-state index contributed by atoms with van der Waals surface area (Å²) < 4.78 is 6.33. The number of rotatable bonds is 5. The van der Waals surface area contributed by atoms with E-state index >= 15 is 0 Å². The number of ether oxygens (including phenoxy) is 1. The fourth-order valence-corrected chi connectivity index (χ4v) is 2.29. The number of carbonyl (C=O) groups excluding carboxylic acids is 1. The standard InChI is InChI=1S/C14H14BrNO4/c1-9(13(18)19)7-12(17)20-14(5-2-6-14)11-4-3-10(15)8-16-11/h3-4,8H,1-2,5-7H2,(H,18,19). The molecule has 106 valence electrons. The number of hydrogen-bond acceptors (Lipinski definition) is 4. The first kappa shape index (κ1) is 14.7. The first-order chi connectivity index (χ1) is 9.43. The molecule has 1 fully saturated rings. The van der Waals surface area contributed by atoms with Crippen LogP contribution in [0.15, 0.2) is 35.0 Å². The zero-order valence-electron chi connectivity index (χ0n) is 10.8. The van der Waals surface area contributed by atoms with E-state index < -0.39 is 17.5 Å². The molecule has 6 heteroatoms. The maximum absolute atomic E-state index is 11.8. The molecule has 0 aliphatic heterocycles. The molecule has 0 atom stereocenters. The number of nitrogens with zero attached hydrogens (tertiary/aromatic N) is 1. The number of pyridine rings is 1. The molecule has 1 aliphatic rings. The minimum absolute atomic E-state index is 0.173. The Morgan fingerprint density at radius 2 is 2.15 bits per heavy atom. The Bertz CT molecular complexity index is 549. The largest absolute Gasteiger partial charge is 0.478 e. The van der Waals surface area contributed by atoms with Gasteiger partial charge in [-0.3, -0.25) is 9.78 Å². The first-order valence-electron chi connectivity index (χ1n) is 6.18. The number of aromatic nitrogens is 1. The molecule has 1 aromatic heterocycles. The van der Waals surface area contributed by atoms with E-state index in [0.717, 1.165) is 10.9 Å². The van der Waals surface area contributed by atoms with Crippen molar-refractivity contribution in [3.63, 3.8) is 0 Å². The summed E-state index contributed by atoms with van der Waals surface area (Å²) in [5.41, 5.74) is -0.189. The number of hydrogen-bond donors (Lipinski definition) is 1. The number of carboxylic acids is 1. The van der Waals surface area contributed by atoms with Crippen molar-refractivity contribution in [3.05, 3.63) is 40.6 Å². The van der Waals surface area contributed by atoms with Gasteiger partial charge in [0.05, 0.1) is 12.1 Å². The molecule has 1 N–H and O–H groups in total. The van der Waals surface area contributed by atoms with Crippen molar-refractivity contribution in [2.45, 2.75) is 31.3 Å². The van der Waals surface area contributed by atoms with Crippen molar-refractivity contribution in [2.75, 3.05) is 0 Å². The van der Waals surface area contributed by atoms with Gasteiger partial charge in [-0.15, -0.1) is 0 Å². The van der Waals surface area contributed by atoms with Crippen LogP contribution in [0.1, 0.15) is 31.4 Å². The SMILES string of the molecule is C=C(CC(=O)OC1(c2ccc(Br)cn2)CCC1)C(=O)O. The quantitative estimate of drug-likeness (QED) is 0.659. The average molecular weight is 340 g/mol. The monoisotopic (exact) mass is 339 g/mol. The summed E-state index contributed by atoms with van der Waals surface area (Å²) in [6.45, 7) is 3.33. The molecule has 1 heterocycles. The molecule has 0 unspecified atom stereocenters. The van der Waals surface area contributed by atoms with Crippen LogP contribution in [0.25, 0.3) is 0 Å². The lowest BCUT2D eigenvalue weighted by molar-refractivity contribution is -0.172. The smallest absolute Gasteiger partial charge is 0.331 e. The van der Waals surface area contributed by atoms with Crippen LogP contribution in [-0.4, -0.2) is 22.0 Å². The van der Waals surface area contributed by atoms with E-state index in [1.54, 1.807) is 6.20 Å². The molecule has 0 radical (unpaired) electrons. The Labute approximate surface area is 124 Å².